The zero-order valence-corrected chi connectivity index (χ0v) is 17.8. The van der Waals surface area contributed by atoms with Gasteiger partial charge in [0, 0.05) is 20.8 Å². The molecule has 14 heteroatoms. The molecule has 1 rings (SSSR count). The number of nitrogens with one attached hydrogen (secondary N) is 1. The number of aliphatic hydroxyl groups excluding tert-OH is 1. The van der Waals surface area contributed by atoms with Crippen LogP contribution in [0.2, 0.25) is 0 Å². The highest BCUT2D eigenvalue weighted by Crippen LogP contribution is 2.27. The maximum atomic E-state index is 12.0. The molecule has 0 unspecified atom stereocenters. The Balaban J connectivity index is 3.06. The van der Waals surface area contributed by atoms with Gasteiger partial charge >= 0.3 is 24.0 Å². The van der Waals surface area contributed by atoms with E-state index >= 15 is 0 Å². The van der Waals surface area contributed by atoms with Crippen molar-refractivity contribution < 1.29 is 48.0 Å². The van der Waals surface area contributed by atoms with Crippen LogP contribution in [0.3, 0.4) is 0 Å². The van der Waals surface area contributed by atoms with Crippen molar-refractivity contribution in [2.45, 2.75) is 55.2 Å². The molecule has 2 N–H and O–H groups in total. The van der Waals surface area contributed by atoms with E-state index in [1.807, 2.05) is 0 Å². The standard InChI is InChI=1S/C15H20Cl3NO10/c1-6(20)25-4-9-11(27-7(2)21)12(28-8(3)22)10(13(23)29-9)19-14(24)26-5-15(16,17)18/h9-13,23H,4-5H2,1-3H3,(H,19,24)/t9-,10-,11+,12-,13+/m1/s1. The molecule has 1 heterocycles. The van der Waals surface area contributed by atoms with E-state index in [4.69, 9.17) is 58.5 Å². The Bertz CT molecular complexity index is 626. The van der Waals surface area contributed by atoms with Crippen molar-refractivity contribution in [3.05, 3.63) is 0 Å². The summed E-state index contributed by atoms with van der Waals surface area (Å²) in [6.45, 7) is 2.23. The molecule has 0 aromatic carbocycles. The first kappa shape index (κ1) is 25.5. The minimum absolute atomic E-state index is 0.424. The molecule has 0 aromatic rings. The summed E-state index contributed by atoms with van der Waals surface area (Å²) in [6, 6.07) is -1.43. The fourth-order valence-electron chi connectivity index (χ4n) is 2.40. The van der Waals surface area contributed by atoms with Gasteiger partial charge in [-0.3, -0.25) is 14.4 Å². The number of ether oxygens (including phenoxy) is 5. The van der Waals surface area contributed by atoms with Crippen LogP contribution in [0, 0.1) is 0 Å². The SMILES string of the molecule is CC(=O)OC[C@H]1O[C@H](O)[C@H](NC(=O)OCC(Cl)(Cl)Cl)[C@@H](OC(C)=O)[C@H]1OC(C)=O. The van der Waals surface area contributed by atoms with Gasteiger partial charge in [-0.1, -0.05) is 34.8 Å². The molecule has 0 saturated carbocycles. The molecule has 5 atom stereocenters. The van der Waals surface area contributed by atoms with Crippen LogP contribution in [0.5, 0.6) is 0 Å². The van der Waals surface area contributed by atoms with E-state index in [9.17, 15) is 24.3 Å². The van der Waals surface area contributed by atoms with Gasteiger partial charge in [0.25, 0.3) is 0 Å². The van der Waals surface area contributed by atoms with Gasteiger partial charge in [-0.2, -0.15) is 0 Å². The van der Waals surface area contributed by atoms with Crippen LogP contribution in [0.1, 0.15) is 20.8 Å². The number of rotatable bonds is 6. The first-order valence-corrected chi connectivity index (χ1v) is 9.25. The molecule has 0 aliphatic carbocycles. The van der Waals surface area contributed by atoms with Crippen molar-refractivity contribution in [3.63, 3.8) is 0 Å². The van der Waals surface area contributed by atoms with Crippen molar-refractivity contribution in [1.29, 1.82) is 0 Å². The third-order valence-electron chi connectivity index (χ3n) is 3.37. The summed E-state index contributed by atoms with van der Waals surface area (Å²) >= 11 is 16.5. The van der Waals surface area contributed by atoms with E-state index in [0.29, 0.717) is 0 Å². The van der Waals surface area contributed by atoms with Crippen LogP contribution >= 0.6 is 34.8 Å². The number of aliphatic hydroxyl groups is 1. The first-order valence-electron chi connectivity index (χ1n) is 8.11. The summed E-state index contributed by atoms with van der Waals surface area (Å²) in [4.78, 5) is 46.1. The van der Waals surface area contributed by atoms with Gasteiger partial charge in [-0.25, -0.2) is 4.79 Å². The topological polar surface area (TPSA) is 147 Å². The lowest BCUT2D eigenvalue weighted by Crippen LogP contribution is -2.66. The zero-order valence-electron chi connectivity index (χ0n) is 15.6. The summed E-state index contributed by atoms with van der Waals surface area (Å²) in [5.41, 5.74) is 0. The molecule has 0 spiro atoms. The first-order chi connectivity index (χ1) is 13.3. The number of esters is 3. The molecular formula is C15H20Cl3NO10. The minimum atomic E-state index is -1.89. The van der Waals surface area contributed by atoms with Crippen molar-refractivity contribution in [2.24, 2.45) is 0 Å². The largest absolute Gasteiger partial charge is 0.463 e. The molecule has 1 amide bonds. The molecular weight excluding hydrogens is 461 g/mol. The number of alkyl carbamates (subject to hydrolysis) is 1. The predicted molar refractivity (Wildman–Crippen MR) is 97.2 cm³/mol. The third kappa shape index (κ3) is 9.22. The van der Waals surface area contributed by atoms with E-state index in [-0.39, 0.29) is 0 Å². The summed E-state index contributed by atoms with van der Waals surface area (Å²) in [5.74, 6) is -2.25. The van der Waals surface area contributed by atoms with Gasteiger partial charge in [0.2, 0.25) is 3.79 Å². The van der Waals surface area contributed by atoms with E-state index < -0.39 is 71.7 Å². The summed E-state index contributed by atoms with van der Waals surface area (Å²) in [6.07, 6.45) is -6.84. The third-order valence-corrected chi connectivity index (χ3v) is 3.70. The van der Waals surface area contributed by atoms with Crippen molar-refractivity contribution in [2.75, 3.05) is 13.2 Å². The van der Waals surface area contributed by atoms with Crippen LogP contribution in [-0.2, 0) is 38.1 Å². The Morgan fingerprint density at radius 3 is 2.00 bits per heavy atom. The molecule has 0 bridgehead atoms. The summed E-state index contributed by atoms with van der Waals surface area (Å²) in [5, 5.41) is 12.5. The number of amides is 1. The Morgan fingerprint density at radius 1 is 0.966 bits per heavy atom. The van der Waals surface area contributed by atoms with Gasteiger partial charge < -0.3 is 34.1 Å². The molecule has 1 saturated heterocycles. The van der Waals surface area contributed by atoms with Gasteiger partial charge in [0.05, 0.1) is 0 Å². The molecule has 29 heavy (non-hydrogen) atoms. The van der Waals surface area contributed by atoms with E-state index in [2.05, 4.69) is 5.32 Å². The molecule has 1 aliphatic rings. The Hall–Kier alpha value is -1.53. The molecule has 11 nitrogen and oxygen atoms in total. The number of halogens is 3. The fraction of sp³-hybridized carbons (Fsp3) is 0.733. The van der Waals surface area contributed by atoms with Crippen LogP contribution in [0.15, 0.2) is 0 Å². The fourth-order valence-corrected chi connectivity index (χ4v) is 2.56. The zero-order chi connectivity index (χ0) is 22.4. The molecule has 0 radical (unpaired) electrons. The van der Waals surface area contributed by atoms with Crippen LogP contribution in [0.4, 0.5) is 4.79 Å². The van der Waals surface area contributed by atoms with Crippen molar-refractivity contribution in [3.8, 4) is 0 Å². The number of carbonyl (C=O) groups excluding carboxylic acids is 4. The highest BCUT2D eigenvalue weighted by molar-refractivity contribution is 6.67. The number of hydrogen-bond donors (Lipinski definition) is 2. The second-order valence-electron chi connectivity index (χ2n) is 5.88. The predicted octanol–water partition coefficient (Wildman–Crippen LogP) is 0.595. The molecule has 0 aromatic heterocycles. The van der Waals surface area contributed by atoms with E-state index in [1.165, 1.54) is 0 Å². The number of carbonyl (C=O) groups is 4. The highest BCUT2D eigenvalue weighted by Gasteiger charge is 2.50. The quantitative estimate of drug-likeness (QED) is 0.314. The number of alkyl halides is 3. The highest BCUT2D eigenvalue weighted by atomic mass is 35.6. The molecule has 1 fully saturated rings. The average Bonchev–Trinajstić information content (AvgIpc) is 2.55. The Morgan fingerprint density at radius 2 is 1.52 bits per heavy atom. The monoisotopic (exact) mass is 479 g/mol. The average molecular weight is 481 g/mol. The lowest BCUT2D eigenvalue weighted by Gasteiger charge is -2.43. The number of hydrogen-bond acceptors (Lipinski definition) is 10. The summed E-state index contributed by atoms with van der Waals surface area (Å²) < 4.78 is 23.2. The summed E-state index contributed by atoms with van der Waals surface area (Å²) in [7, 11) is 0. The second kappa shape index (κ2) is 11.0. The normalized spacial score (nSPS) is 26.8. The van der Waals surface area contributed by atoms with E-state index in [1.54, 1.807) is 0 Å². The van der Waals surface area contributed by atoms with Gasteiger partial charge in [0.15, 0.2) is 18.5 Å². The molecule has 1 aliphatic heterocycles. The van der Waals surface area contributed by atoms with Gasteiger partial charge in [0.1, 0.15) is 25.4 Å². The lowest BCUT2D eigenvalue weighted by atomic mass is 9.96. The smallest absolute Gasteiger partial charge is 0.407 e. The van der Waals surface area contributed by atoms with Crippen LogP contribution < -0.4 is 5.32 Å². The Kier molecular flexibility index (Phi) is 9.69. The van der Waals surface area contributed by atoms with Crippen LogP contribution in [-0.4, -0.2) is 76.8 Å². The van der Waals surface area contributed by atoms with Crippen LogP contribution in [0.25, 0.3) is 0 Å². The maximum Gasteiger partial charge on any atom is 0.407 e. The van der Waals surface area contributed by atoms with E-state index in [0.717, 1.165) is 20.8 Å². The Labute approximate surface area is 180 Å². The lowest BCUT2D eigenvalue weighted by molar-refractivity contribution is -0.264. The maximum absolute atomic E-state index is 12.0. The molecule has 166 valence electrons. The second-order valence-corrected chi connectivity index (χ2v) is 8.39. The van der Waals surface area contributed by atoms with Crippen molar-refractivity contribution in [1.82, 2.24) is 5.32 Å². The minimum Gasteiger partial charge on any atom is -0.463 e. The van der Waals surface area contributed by atoms with Gasteiger partial charge in [-0.05, 0) is 0 Å². The van der Waals surface area contributed by atoms with Gasteiger partial charge in [-0.15, -0.1) is 0 Å². The van der Waals surface area contributed by atoms with Crippen molar-refractivity contribution >= 4 is 58.8 Å².